The van der Waals surface area contributed by atoms with E-state index in [0.29, 0.717) is 0 Å². The average molecular weight is 200 g/mol. The predicted molar refractivity (Wildman–Crippen MR) is 35.1 cm³/mol. The minimum atomic E-state index is 0. The molecular weight excluding hydrogens is 184 g/mol. The van der Waals surface area contributed by atoms with Gasteiger partial charge >= 0.3 is 58.2 Å². The third kappa shape index (κ3) is 4.25. The summed E-state index contributed by atoms with van der Waals surface area (Å²) >= 11 is 0. The van der Waals surface area contributed by atoms with Gasteiger partial charge in [0.15, 0.2) is 0 Å². The zero-order chi connectivity index (χ0) is 5.82. The van der Waals surface area contributed by atoms with Crippen LogP contribution in [0.2, 0.25) is 0 Å². The summed E-state index contributed by atoms with van der Waals surface area (Å²) in [4.78, 5) is 1.80. The monoisotopic (exact) mass is 199 g/mol. The number of nitrogens with one attached hydrogen (secondary N) is 1. The maximum Gasteiger partial charge on any atom is 1.00 e. The Hall–Kier alpha value is 1.77. The van der Waals surface area contributed by atoms with Gasteiger partial charge in [-0.15, -0.1) is 0 Å². The van der Waals surface area contributed by atoms with Crippen molar-refractivity contribution in [2.75, 3.05) is 19.6 Å². The van der Waals surface area contributed by atoms with Gasteiger partial charge in [-0.2, -0.15) is 0 Å². The molecule has 1 N–H and O–H groups in total. The van der Waals surface area contributed by atoms with E-state index < -0.39 is 0 Å². The predicted octanol–water partition coefficient (Wildman–Crippen LogP) is -2.92. The van der Waals surface area contributed by atoms with Crippen molar-refractivity contribution < 1.29 is 63.1 Å². The molecule has 0 aromatic rings. The molecule has 48 valence electrons. The molecule has 0 saturated carbocycles. The summed E-state index contributed by atoms with van der Waals surface area (Å²) in [6, 6.07) is 0. The molecule has 0 aliphatic carbocycles. The average Bonchev–Trinajstić information content (AvgIpc) is 1.90. The third-order valence-electron chi connectivity index (χ3n) is 2.06. The van der Waals surface area contributed by atoms with E-state index in [1.54, 1.807) is 4.90 Å². The van der Waals surface area contributed by atoms with Gasteiger partial charge in [-0.1, -0.05) is 0 Å². The van der Waals surface area contributed by atoms with Gasteiger partial charge in [0.05, 0.1) is 19.6 Å². The van der Waals surface area contributed by atoms with Gasteiger partial charge < -0.3 is 4.90 Å². The van der Waals surface area contributed by atoms with E-state index in [1.807, 2.05) is 0 Å². The van der Waals surface area contributed by atoms with Gasteiger partial charge in [-0.3, -0.25) is 0 Å². The molecule has 0 bridgehead atoms. The maximum absolute atomic E-state index is 2.28. The maximum atomic E-state index is 2.28. The van der Waals surface area contributed by atoms with Crippen LogP contribution in [0.1, 0.15) is 26.2 Å². The first kappa shape index (κ1) is 10.8. The van der Waals surface area contributed by atoms with Crippen molar-refractivity contribution in [1.82, 2.24) is 0 Å². The van der Waals surface area contributed by atoms with Gasteiger partial charge in [0.1, 0.15) is 0 Å². The van der Waals surface area contributed by atoms with Crippen LogP contribution in [0.5, 0.6) is 0 Å². The Balaban J connectivity index is 0.000000640. The number of hydrogen-bond donors (Lipinski definition) is 1. The van der Waals surface area contributed by atoms with E-state index in [1.165, 1.54) is 38.9 Å². The van der Waals surface area contributed by atoms with E-state index in [4.69, 9.17) is 0 Å². The Morgan fingerprint density at radius 3 is 2.00 bits per heavy atom. The fraction of sp³-hybridized carbons (Fsp3) is 1.00. The first-order valence-electron chi connectivity index (χ1n) is 3.77. The largest absolute Gasteiger partial charge is 1.00 e. The number of likely N-dealkylation sites (tertiary alicyclic amines) is 1. The van der Waals surface area contributed by atoms with E-state index >= 15 is 0 Å². The molecule has 0 aromatic carbocycles. The minimum Gasteiger partial charge on any atom is -0.335 e. The molecule has 1 saturated heterocycles. The molecule has 1 rings (SSSR count). The van der Waals surface area contributed by atoms with Crippen molar-refractivity contribution in [2.45, 2.75) is 26.2 Å². The third-order valence-corrected chi connectivity index (χ3v) is 2.06. The summed E-state index contributed by atoms with van der Waals surface area (Å²) in [5, 5.41) is 0. The molecule has 1 heterocycles. The molecule has 9 heavy (non-hydrogen) atoms. The van der Waals surface area contributed by atoms with Crippen LogP contribution < -0.4 is 63.1 Å². The zero-order valence-electron chi connectivity index (χ0n) is 6.74. The fourth-order valence-corrected chi connectivity index (χ4v) is 1.41. The van der Waals surface area contributed by atoms with Gasteiger partial charge in [0.25, 0.3) is 0 Å². The first-order valence-corrected chi connectivity index (χ1v) is 3.77. The molecule has 1 fully saturated rings. The van der Waals surface area contributed by atoms with Gasteiger partial charge in [0.2, 0.25) is 0 Å². The molecule has 0 radical (unpaired) electrons. The van der Waals surface area contributed by atoms with Gasteiger partial charge in [-0.25, -0.2) is 0 Å². The molecule has 1 aliphatic heterocycles. The molecule has 0 unspecified atom stereocenters. The van der Waals surface area contributed by atoms with Gasteiger partial charge in [-0.05, 0) is 26.2 Å². The Morgan fingerprint density at radius 2 is 1.67 bits per heavy atom. The smallest absolute Gasteiger partial charge is 0.335 e. The van der Waals surface area contributed by atoms with Crippen molar-refractivity contribution in [1.29, 1.82) is 0 Å². The first-order chi connectivity index (χ1) is 3.93. The molecule has 0 spiro atoms. The SMILES string of the molecule is CC[NH+]1CCCCC1.[Rb+]. The zero-order valence-corrected chi connectivity index (χ0v) is 11.7. The van der Waals surface area contributed by atoms with Crippen LogP contribution in [0.3, 0.4) is 0 Å². The summed E-state index contributed by atoms with van der Waals surface area (Å²) < 4.78 is 0. The number of quaternary nitrogens is 1. The van der Waals surface area contributed by atoms with E-state index in [0.717, 1.165) is 0 Å². The van der Waals surface area contributed by atoms with Crippen LogP contribution in [-0.2, 0) is 0 Å². The number of piperidine rings is 1. The van der Waals surface area contributed by atoms with Crippen molar-refractivity contribution in [3.63, 3.8) is 0 Å². The summed E-state index contributed by atoms with van der Waals surface area (Å²) in [6.07, 6.45) is 4.40. The minimum absolute atomic E-state index is 0. The molecular formula is C7H16NRb+2. The second-order valence-electron chi connectivity index (χ2n) is 2.66. The molecule has 0 amide bonds. The van der Waals surface area contributed by atoms with Crippen LogP contribution in [0.25, 0.3) is 0 Å². The Kier molecular flexibility index (Phi) is 7.74. The molecule has 0 atom stereocenters. The van der Waals surface area contributed by atoms with E-state index in [-0.39, 0.29) is 58.2 Å². The fourth-order valence-electron chi connectivity index (χ4n) is 1.41. The number of hydrogen-bond acceptors (Lipinski definition) is 0. The second-order valence-corrected chi connectivity index (χ2v) is 2.66. The number of rotatable bonds is 1. The van der Waals surface area contributed by atoms with Crippen LogP contribution in [0, 0.1) is 0 Å². The van der Waals surface area contributed by atoms with Crippen molar-refractivity contribution in [3.8, 4) is 0 Å². The van der Waals surface area contributed by atoms with Crippen molar-refractivity contribution >= 4 is 0 Å². The van der Waals surface area contributed by atoms with Gasteiger partial charge in [0, 0.05) is 0 Å². The molecule has 0 aromatic heterocycles. The van der Waals surface area contributed by atoms with E-state index in [9.17, 15) is 0 Å². The van der Waals surface area contributed by atoms with Crippen LogP contribution in [0.4, 0.5) is 0 Å². The van der Waals surface area contributed by atoms with Crippen LogP contribution in [-0.4, -0.2) is 19.6 Å². The van der Waals surface area contributed by atoms with Crippen LogP contribution in [0.15, 0.2) is 0 Å². The molecule has 1 aliphatic rings. The molecule has 2 heteroatoms. The normalized spacial score (nSPS) is 21.0. The second kappa shape index (κ2) is 6.47. The summed E-state index contributed by atoms with van der Waals surface area (Å²) in [6.45, 7) is 6.47. The van der Waals surface area contributed by atoms with Crippen molar-refractivity contribution in [3.05, 3.63) is 0 Å². The summed E-state index contributed by atoms with van der Waals surface area (Å²) in [7, 11) is 0. The Labute approximate surface area is 107 Å². The van der Waals surface area contributed by atoms with Crippen LogP contribution >= 0.6 is 0 Å². The molecule has 1 nitrogen and oxygen atoms in total. The Bertz CT molecular complexity index is 59.9. The quantitative estimate of drug-likeness (QED) is 0.462. The summed E-state index contributed by atoms with van der Waals surface area (Å²) in [5.74, 6) is 0. The summed E-state index contributed by atoms with van der Waals surface area (Å²) in [5.41, 5.74) is 0. The standard InChI is InChI=1S/C7H15N.Rb/c1-2-8-6-4-3-5-7-8;/h2-7H2,1H3;/q;+1/p+1. The van der Waals surface area contributed by atoms with Crippen molar-refractivity contribution in [2.24, 2.45) is 0 Å². The Morgan fingerprint density at radius 1 is 1.11 bits per heavy atom. The van der Waals surface area contributed by atoms with E-state index in [2.05, 4.69) is 6.92 Å². The topological polar surface area (TPSA) is 4.44 Å².